The van der Waals surface area contributed by atoms with Gasteiger partial charge in [0.2, 0.25) is 0 Å². The summed E-state index contributed by atoms with van der Waals surface area (Å²) in [6.07, 6.45) is 0. The first kappa shape index (κ1) is 11.2. The minimum Gasteiger partial charge on any atom is -0.497 e. The van der Waals surface area contributed by atoms with Gasteiger partial charge >= 0.3 is 0 Å². The van der Waals surface area contributed by atoms with Crippen LogP contribution in [0.3, 0.4) is 0 Å². The Morgan fingerprint density at radius 1 is 1.00 bits per heavy atom. The van der Waals surface area contributed by atoms with Crippen molar-refractivity contribution in [3.8, 4) is 11.5 Å². The zero-order valence-electron chi connectivity index (χ0n) is 10.2. The molecule has 0 bridgehead atoms. The van der Waals surface area contributed by atoms with Crippen LogP contribution in [0, 0.1) is 0 Å². The molecular formula is C14H13NO2S. The number of fused-ring (bicyclic) bond motifs is 3. The lowest BCUT2D eigenvalue weighted by atomic mass is 10.1. The second-order valence-electron chi connectivity index (χ2n) is 4.02. The molecule has 3 nitrogen and oxygen atoms in total. The summed E-state index contributed by atoms with van der Waals surface area (Å²) in [7, 11) is 3.30. The quantitative estimate of drug-likeness (QED) is 0.714. The van der Waals surface area contributed by atoms with Gasteiger partial charge in [0, 0.05) is 20.2 Å². The maximum absolute atomic E-state index is 6.17. The number of nitrogen functional groups attached to an aromatic ring is 1. The summed E-state index contributed by atoms with van der Waals surface area (Å²) < 4.78 is 12.9. The monoisotopic (exact) mass is 259 g/mol. The summed E-state index contributed by atoms with van der Waals surface area (Å²) in [6.45, 7) is 0. The van der Waals surface area contributed by atoms with Crippen LogP contribution in [0.1, 0.15) is 0 Å². The molecule has 4 heteroatoms. The Morgan fingerprint density at radius 3 is 2.50 bits per heavy atom. The molecule has 0 saturated carbocycles. The predicted molar refractivity (Wildman–Crippen MR) is 76.8 cm³/mol. The second-order valence-corrected chi connectivity index (χ2v) is 5.10. The van der Waals surface area contributed by atoms with Gasteiger partial charge in [0.1, 0.15) is 11.5 Å². The molecule has 0 atom stereocenters. The summed E-state index contributed by atoms with van der Waals surface area (Å²) in [5.74, 6) is 1.55. The molecular weight excluding hydrogens is 246 g/mol. The van der Waals surface area contributed by atoms with E-state index in [0.717, 1.165) is 21.2 Å². The molecule has 2 N–H and O–H groups in total. The molecule has 2 aromatic carbocycles. The molecule has 18 heavy (non-hydrogen) atoms. The third-order valence-corrected chi connectivity index (χ3v) is 4.20. The van der Waals surface area contributed by atoms with E-state index in [2.05, 4.69) is 6.07 Å². The van der Waals surface area contributed by atoms with Crippen molar-refractivity contribution in [1.29, 1.82) is 0 Å². The molecule has 3 rings (SSSR count). The smallest absolute Gasteiger partial charge is 0.142 e. The lowest BCUT2D eigenvalue weighted by Crippen LogP contribution is -1.92. The predicted octanol–water partition coefficient (Wildman–Crippen LogP) is 3.65. The van der Waals surface area contributed by atoms with E-state index in [0.29, 0.717) is 11.4 Å². The van der Waals surface area contributed by atoms with E-state index in [9.17, 15) is 0 Å². The van der Waals surface area contributed by atoms with E-state index in [-0.39, 0.29) is 0 Å². The average Bonchev–Trinajstić information content (AvgIpc) is 2.77. The Hall–Kier alpha value is -1.94. The van der Waals surface area contributed by atoms with Crippen LogP contribution in [0.4, 0.5) is 5.69 Å². The van der Waals surface area contributed by atoms with Gasteiger partial charge in [-0.25, -0.2) is 0 Å². The van der Waals surface area contributed by atoms with Gasteiger partial charge in [0.25, 0.3) is 0 Å². The maximum Gasteiger partial charge on any atom is 0.142 e. The van der Waals surface area contributed by atoms with Crippen molar-refractivity contribution in [3.05, 3.63) is 30.3 Å². The van der Waals surface area contributed by atoms with Gasteiger partial charge in [-0.15, -0.1) is 11.3 Å². The van der Waals surface area contributed by atoms with Crippen LogP contribution in [0.25, 0.3) is 20.2 Å². The van der Waals surface area contributed by atoms with Gasteiger partial charge in [-0.2, -0.15) is 0 Å². The van der Waals surface area contributed by atoms with Crippen LogP contribution in [-0.2, 0) is 0 Å². The first-order valence-electron chi connectivity index (χ1n) is 5.57. The first-order valence-corrected chi connectivity index (χ1v) is 6.39. The van der Waals surface area contributed by atoms with E-state index in [1.165, 1.54) is 4.70 Å². The van der Waals surface area contributed by atoms with E-state index in [4.69, 9.17) is 15.2 Å². The summed E-state index contributed by atoms with van der Waals surface area (Å²) >= 11 is 1.72. The molecule has 0 unspecified atom stereocenters. The average molecular weight is 259 g/mol. The SMILES string of the molecule is COc1ccc2sc3ccc(OC)c(N)c3c2c1. The number of thiophene rings is 1. The van der Waals surface area contributed by atoms with Gasteiger partial charge in [-0.1, -0.05) is 0 Å². The molecule has 0 spiro atoms. The second kappa shape index (κ2) is 4.07. The van der Waals surface area contributed by atoms with Crippen molar-refractivity contribution in [2.75, 3.05) is 20.0 Å². The molecule has 1 heterocycles. The van der Waals surface area contributed by atoms with Gasteiger partial charge in [0.05, 0.1) is 19.9 Å². The summed E-state index contributed by atoms with van der Waals surface area (Å²) in [4.78, 5) is 0. The van der Waals surface area contributed by atoms with Crippen LogP contribution >= 0.6 is 11.3 Å². The van der Waals surface area contributed by atoms with Crippen LogP contribution in [0.15, 0.2) is 30.3 Å². The number of benzene rings is 2. The zero-order chi connectivity index (χ0) is 12.7. The Morgan fingerprint density at radius 2 is 1.78 bits per heavy atom. The number of hydrogen-bond donors (Lipinski definition) is 1. The number of methoxy groups -OCH3 is 2. The molecule has 0 aliphatic carbocycles. The van der Waals surface area contributed by atoms with Crippen LogP contribution in [-0.4, -0.2) is 14.2 Å². The van der Waals surface area contributed by atoms with E-state index < -0.39 is 0 Å². The Kier molecular flexibility index (Phi) is 2.52. The van der Waals surface area contributed by atoms with Crippen molar-refractivity contribution in [1.82, 2.24) is 0 Å². The maximum atomic E-state index is 6.17. The fraction of sp³-hybridized carbons (Fsp3) is 0.143. The van der Waals surface area contributed by atoms with E-state index in [1.807, 2.05) is 24.3 Å². The third kappa shape index (κ3) is 1.49. The van der Waals surface area contributed by atoms with E-state index >= 15 is 0 Å². The van der Waals surface area contributed by atoms with E-state index in [1.54, 1.807) is 25.6 Å². The lowest BCUT2D eigenvalue weighted by Gasteiger charge is -2.05. The molecule has 0 fully saturated rings. The van der Waals surface area contributed by atoms with Crippen LogP contribution < -0.4 is 15.2 Å². The van der Waals surface area contributed by atoms with Crippen molar-refractivity contribution in [2.24, 2.45) is 0 Å². The summed E-state index contributed by atoms with van der Waals surface area (Å²) in [5.41, 5.74) is 6.86. The van der Waals surface area contributed by atoms with Gasteiger partial charge < -0.3 is 15.2 Å². The molecule has 0 amide bonds. The molecule has 92 valence electrons. The van der Waals surface area contributed by atoms with Crippen molar-refractivity contribution in [3.63, 3.8) is 0 Å². The molecule has 0 saturated heterocycles. The fourth-order valence-corrected chi connectivity index (χ4v) is 3.26. The van der Waals surface area contributed by atoms with Gasteiger partial charge in [-0.3, -0.25) is 0 Å². The normalized spacial score (nSPS) is 11.0. The highest BCUT2D eigenvalue weighted by atomic mass is 32.1. The standard InChI is InChI=1S/C14H13NO2S/c1-16-8-3-5-11-9(7-8)13-12(18-11)6-4-10(17-2)14(13)15/h3-7H,15H2,1-2H3. The first-order chi connectivity index (χ1) is 8.74. The molecule has 3 aromatic rings. The molecule has 0 aliphatic heterocycles. The molecule has 0 aliphatic rings. The number of ether oxygens (including phenoxy) is 2. The third-order valence-electron chi connectivity index (χ3n) is 3.06. The zero-order valence-corrected chi connectivity index (χ0v) is 11.0. The summed E-state index contributed by atoms with van der Waals surface area (Å²) in [6, 6.07) is 9.99. The topological polar surface area (TPSA) is 44.5 Å². The number of hydrogen-bond acceptors (Lipinski definition) is 4. The highest BCUT2D eigenvalue weighted by molar-refractivity contribution is 7.26. The van der Waals surface area contributed by atoms with Gasteiger partial charge in [0.15, 0.2) is 0 Å². The minimum absolute atomic E-state index is 0.689. The Labute approximate surface area is 109 Å². The minimum atomic E-state index is 0.689. The number of rotatable bonds is 2. The Bertz CT molecular complexity index is 733. The van der Waals surface area contributed by atoms with Crippen molar-refractivity contribution < 1.29 is 9.47 Å². The highest BCUT2D eigenvalue weighted by Gasteiger charge is 2.12. The van der Waals surface area contributed by atoms with Gasteiger partial charge in [-0.05, 0) is 30.3 Å². The molecule has 1 aromatic heterocycles. The highest BCUT2D eigenvalue weighted by Crippen LogP contribution is 2.42. The lowest BCUT2D eigenvalue weighted by molar-refractivity contribution is 0.415. The molecule has 0 radical (unpaired) electrons. The number of anilines is 1. The van der Waals surface area contributed by atoms with Crippen LogP contribution in [0.5, 0.6) is 11.5 Å². The largest absolute Gasteiger partial charge is 0.497 e. The van der Waals surface area contributed by atoms with Crippen molar-refractivity contribution in [2.45, 2.75) is 0 Å². The van der Waals surface area contributed by atoms with Crippen LogP contribution in [0.2, 0.25) is 0 Å². The summed E-state index contributed by atoms with van der Waals surface area (Å²) in [5, 5.41) is 2.17. The Balaban J connectivity index is 2.44. The fourth-order valence-electron chi connectivity index (χ4n) is 2.16. The number of nitrogens with two attached hydrogens (primary N) is 1. The van der Waals surface area contributed by atoms with Crippen molar-refractivity contribution >= 4 is 37.2 Å².